The van der Waals surface area contributed by atoms with Gasteiger partial charge in [0, 0.05) is 42.3 Å². The molecule has 4 rings (SSSR count). The van der Waals surface area contributed by atoms with Gasteiger partial charge in [0.05, 0.1) is 0 Å². The molecule has 0 atom stereocenters. The summed E-state index contributed by atoms with van der Waals surface area (Å²) in [7, 11) is 0. The van der Waals surface area contributed by atoms with Crippen LogP contribution >= 0.6 is 11.8 Å². The van der Waals surface area contributed by atoms with Crippen LogP contribution in [0.5, 0.6) is 0 Å². The Hall–Kier alpha value is -2.57. The topological polar surface area (TPSA) is 65.2 Å². The van der Waals surface area contributed by atoms with Crippen molar-refractivity contribution in [2.45, 2.75) is 13.5 Å². The number of thioether (sulfide) groups is 1. The van der Waals surface area contributed by atoms with Gasteiger partial charge in [-0.1, -0.05) is 30.3 Å². The molecular formula is C22H23N3O2S. The molecule has 1 fully saturated rings. The van der Waals surface area contributed by atoms with E-state index < -0.39 is 5.91 Å². The fourth-order valence-electron chi connectivity index (χ4n) is 3.49. The molecule has 1 saturated heterocycles. The lowest BCUT2D eigenvalue weighted by molar-refractivity contribution is 0.102. The highest BCUT2D eigenvalue weighted by Crippen LogP contribution is 2.20. The van der Waals surface area contributed by atoms with Crippen molar-refractivity contribution in [1.29, 1.82) is 0 Å². The predicted molar refractivity (Wildman–Crippen MR) is 116 cm³/mol. The predicted octanol–water partition coefficient (Wildman–Crippen LogP) is 3.64. The highest BCUT2D eigenvalue weighted by Gasteiger charge is 2.14. The number of carbonyl (C=O) groups excluding carboxylic acids is 1. The van der Waals surface area contributed by atoms with Crippen LogP contribution in [-0.2, 0) is 6.54 Å². The Morgan fingerprint density at radius 2 is 1.93 bits per heavy atom. The lowest BCUT2D eigenvalue weighted by Crippen LogP contribution is -2.32. The molecule has 2 aromatic carbocycles. The number of benzene rings is 2. The van der Waals surface area contributed by atoms with Gasteiger partial charge in [-0.3, -0.25) is 14.5 Å². The summed E-state index contributed by atoms with van der Waals surface area (Å²) in [6.45, 7) is 5.15. The molecule has 3 aromatic rings. The van der Waals surface area contributed by atoms with Crippen LogP contribution in [0.1, 0.15) is 21.5 Å². The molecule has 0 unspecified atom stereocenters. The van der Waals surface area contributed by atoms with E-state index in [1.807, 2.05) is 49.0 Å². The van der Waals surface area contributed by atoms with Crippen molar-refractivity contribution in [1.82, 2.24) is 9.88 Å². The molecule has 0 saturated carbocycles. The molecule has 1 aromatic heterocycles. The Kier molecular flexibility index (Phi) is 5.50. The van der Waals surface area contributed by atoms with Gasteiger partial charge in [0.25, 0.3) is 11.5 Å². The van der Waals surface area contributed by atoms with Crippen molar-refractivity contribution in [2.24, 2.45) is 0 Å². The van der Waals surface area contributed by atoms with Gasteiger partial charge in [0.1, 0.15) is 5.56 Å². The average molecular weight is 394 g/mol. The average Bonchev–Trinajstić information content (AvgIpc) is 2.70. The number of aromatic amines is 1. The van der Waals surface area contributed by atoms with Gasteiger partial charge in [0.15, 0.2) is 0 Å². The van der Waals surface area contributed by atoms with E-state index in [-0.39, 0.29) is 11.1 Å². The van der Waals surface area contributed by atoms with E-state index in [4.69, 9.17) is 0 Å². The van der Waals surface area contributed by atoms with Crippen molar-refractivity contribution >= 4 is 34.3 Å². The maximum atomic E-state index is 12.7. The number of aryl methyl sites for hydroxylation is 1. The number of H-pyrrole nitrogens is 1. The van der Waals surface area contributed by atoms with E-state index in [9.17, 15) is 9.59 Å². The zero-order chi connectivity index (χ0) is 19.5. The molecule has 144 valence electrons. The minimum Gasteiger partial charge on any atom is -0.322 e. The zero-order valence-corrected chi connectivity index (χ0v) is 16.6. The second kappa shape index (κ2) is 8.20. The Morgan fingerprint density at radius 1 is 1.14 bits per heavy atom. The summed E-state index contributed by atoms with van der Waals surface area (Å²) in [6.07, 6.45) is 0. The number of aromatic nitrogens is 1. The molecule has 1 aliphatic heterocycles. The summed E-state index contributed by atoms with van der Waals surface area (Å²) in [6, 6.07) is 15.2. The van der Waals surface area contributed by atoms with Gasteiger partial charge < -0.3 is 10.3 Å². The van der Waals surface area contributed by atoms with Crippen molar-refractivity contribution < 1.29 is 4.79 Å². The number of nitrogens with one attached hydrogen (secondary N) is 2. The fraction of sp³-hybridized carbons (Fsp3) is 0.273. The Balaban J connectivity index is 1.51. The Bertz CT molecular complexity index is 1070. The maximum Gasteiger partial charge on any atom is 0.261 e. The lowest BCUT2D eigenvalue weighted by atomic mass is 10.1. The molecule has 1 amide bonds. The number of anilines is 1. The van der Waals surface area contributed by atoms with Crippen LogP contribution in [0.3, 0.4) is 0 Å². The molecule has 5 nitrogen and oxygen atoms in total. The molecule has 28 heavy (non-hydrogen) atoms. The van der Waals surface area contributed by atoms with E-state index in [0.717, 1.165) is 41.8 Å². The number of para-hydroxylation sites is 1. The number of amides is 1. The first kappa shape index (κ1) is 18.8. The third-order valence-electron chi connectivity index (χ3n) is 5.05. The summed E-state index contributed by atoms with van der Waals surface area (Å²) in [5.41, 5.74) is 3.43. The normalized spacial score (nSPS) is 14.9. The summed E-state index contributed by atoms with van der Waals surface area (Å²) < 4.78 is 0. The van der Waals surface area contributed by atoms with E-state index in [0.29, 0.717) is 0 Å². The van der Waals surface area contributed by atoms with E-state index in [2.05, 4.69) is 27.3 Å². The highest BCUT2D eigenvalue weighted by atomic mass is 32.2. The smallest absolute Gasteiger partial charge is 0.261 e. The van der Waals surface area contributed by atoms with E-state index in [1.165, 1.54) is 17.1 Å². The van der Waals surface area contributed by atoms with E-state index >= 15 is 0 Å². The van der Waals surface area contributed by atoms with Crippen LogP contribution in [0.15, 0.2) is 53.3 Å². The molecule has 2 N–H and O–H groups in total. The number of nitrogens with zero attached hydrogens (tertiary/aromatic N) is 1. The monoisotopic (exact) mass is 393 g/mol. The minimum absolute atomic E-state index is 0.119. The van der Waals surface area contributed by atoms with Crippen LogP contribution in [-0.4, -0.2) is 40.4 Å². The van der Waals surface area contributed by atoms with Crippen LogP contribution in [0.4, 0.5) is 5.69 Å². The van der Waals surface area contributed by atoms with Gasteiger partial charge in [-0.2, -0.15) is 11.8 Å². The van der Waals surface area contributed by atoms with Gasteiger partial charge in [0.2, 0.25) is 0 Å². The van der Waals surface area contributed by atoms with Gasteiger partial charge in [-0.05, 0) is 41.6 Å². The van der Waals surface area contributed by atoms with Crippen molar-refractivity contribution in [2.75, 3.05) is 29.9 Å². The highest BCUT2D eigenvalue weighted by molar-refractivity contribution is 7.99. The first-order valence-corrected chi connectivity index (χ1v) is 10.6. The van der Waals surface area contributed by atoms with Crippen LogP contribution < -0.4 is 10.9 Å². The van der Waals surface area contributed by atoms with Crippen molar-refractivity contribution in [3.05, 3.63) is 75.6 Å². The van der Waals surface area contributed by atoms with Gasteiger partial charge in [-0.15, -0.1) is 0 Å². The molecule has 0 spiro atoms. The number of carbonyl (C=O) groups is 1. The minimum atomic E-state index is -0.393. The first-order valence-electron chi connectivity index (χ1n) is 9.43. The summed E-state index contributed by atoms with van der Waals surface area (Å²) in [5, 5.41) is 3.72. The van der Waals surface area contributed by atoms with Crippen LogP contribution in [0.25, 0.3) is 10.9 Å². The molecule has 0 bridgehead atoms. The SMILES string of the molecule is Cc1cc(CN2CCSCC2)ccc1NC(=O)c1cc2ccccc2[nH]c1=O. The Labute approximate surface area is 168 Å². The molecule has 0 aliphatic carbocycles. The summed E-state index contributed by atoms with van der Waals surface area (Å²) in [5.74, 6) is 1.98. The van der Waals surface area contributed by atoms with Gasteiger partial charge in [-0.25, -0.2) is 0 Å². The number of hydrogen-bond donors (Lipinski definition) is 2. The summed E-state index contributed by atoms with van der Waals surface area (Å²) >= 11 is 2.00. The molecule has 1 aliphatic rings. The number of fused-ring (bicyclic) bond motifs is 1. The first-order chi connectivity index (χ1) is 13.6. The number of rotatable bonds is 4. The standard InChI is InChI=1S/C22H23N3O2S/c1-15-12-16(14-25-8-10-28-11-9-25)6-7-19(15)23-21(26)18-13-17-4-2-3-5-20(17)24-22(18)27/h2-7,12-13H,8-11,14H2,1H3,(H,23,26)(H,24,27). The second-order valence-corrected chi connectivity index (χ2v) is 8.32. The third kappa shape index (κ3) is 4.13. The second-order valence-electron chi connectivity index (χ2n) is 7.09. The largest absolute Gasteiger partial charge is 0.322 e. The zero-order valence-electron chi connectivity index (χ0n) is 15.8. The number of pyridine rings is 1. The quantitative estimate of drug-likeness (QED) is 0.710. The maximum absolute atomic E-state index is 12.7. The third-order valence-corrected chi connectivity index (χ3v) is 5.99. The number of hydrogen-bond acceptors (Lipinski definition) is 4. The Morgan fingerprint density at radius 3 is 2.71 bits per heavy atom. The molecule has 2 heterocycles. The molecule has 6 heteroatoms. The van der Waals surface area contributed by atoms with Crippen LogP contribution in [0, 0.1) is 6.92 Å². The lowest BCUT2D eigenvalue weighted by Gasteiger charge is -2.26. The fourth-order valence-corrected chi connectivity index (χ4v) is 4.47. The van der Waals surface area contributed by atoms with Gasteiger partial charge >= 0.3 is 0 Å². The van der Waals surface area contributed by atoms with Crippen molar-refractivity contribution in [3.8, 4) is 0 Å². The van der Waals surface area contributed by atoms with Crippen molar-refractivity contribution in [3.63, 3.8) is 0 Å². The molecular weight excluding hydrogens is 370 g/mol. The van der Waals surface area contributed by atoms with E-state index in [1.54, 1.807) is 6.07 Å². The summed E-state index contributed by atoms with van der Waals surface area (Å²) in [4.78, 5) is 30.2. The molecule has 0 radical (unpaired) electrons. The van der Waals surface area contributed by atoms with Crippen LogP contribution in [0.2, 0.25) is 0 Å².